The van der Waals surface area contributed by atoms with Gasteiger partial charge in [-0.3, -0.25) is 14.4 Å². The molecule has 0 bridgehead atoms. The molecular weight excluding hydrogens is 436 g/mol. The maximum absolute atomic E-state index is 12.6. The minimum Gasteiger partial charge on any atom is -0.461 e. The van der Waals surface area contributed by atoms with Gasteiger partial charge in [0.1, 0.15) is 19.3 Å². The molecule has 0 radical (unpaired) electrons. The lowest BCUT2D eigenvalue weighted by molar-refractivity contribution is -0.146. The van der Waals surface area contributed by atoms with E-state index < -0.39 is 24.0 Å². The molecule has 2 aromatic carbocycles. The molecule has 0 aliphatic carbocycles. The van der Waals surface area contributed by atoms with Crippen molar-refractivity contribution in [2.75, 3.05) is 6.54 Å². The Labute approximate surface area is 200 Å². The number of amides is 2. The van der Waals surface area contributed by atoms with E-state index in [0.717, 1.165) is 11.1 Å². The van der Waals surface area contributed by atoms with Crippen molar-refractivity contribution in [2.24, 2.45) is 5.92 Å². The van der Waals surface area contributed by atoms with E-state index in [4.69, 9.17) is 9.47 Å². The van der Waals surface area contributed by atoms with Crippen LogP contribution in [0.2, 0.25) is 0 Å². The third-order valence-corrected chi connectivity index (χ3v) is 4.84. The first-order valence-electron chi connectivity index (χ1n) is 11.3. The van der Waals surface area contributed by atoms with Crippen molar-refractivity contribution in [2.45, 2.75) is 52.4 Å². The van der Waals surface area contributed by atoms with Gasteiger partial charge in [0.25, 0.3) is 0 Å². The minimum absolute atomic E-state index is 0.0463. The van der Waals surface area contributed by atoms with Crippen LogP contribution < -0.4 is 10.6 Å². The first-order valence-corrected chi connectivity index (χ1v) is 11.3. The summed E-state index contributed by atoms with van der Waals surface area (Å²) in [6.07, 6.45) is -0.445. The molecular formula is C26H32N2O6. The van der Waals surface area contributed by atoms with Crippen molar-refractivity contribution in [3.05, 3.63) is 71.8 Å². The van der Waals surface area contributed by atoms with Gasteiger partial charge in [-0.15, -0.1) is 0 Å². The number of benzene rings is 2. The van der Waals surface area contributed by atoms with Crippen LogP contribution in [0.4, 0.5) is 4.79 Å². The first kappa shape index (κ1) is 26.6. The second kappa shape index (κ2) is 14.5. The molecule has 8 nitrogen and oxygen atoms in total. The number of hydrogen-bond donors (Lipinski definition) is 2. The summed E-state index contributed by atoms with van der Waals surface area (Å²) in [5.74, 6) is -1.14. The molecule has 2 aromatic rings. The van der Waals surface area contributed by atoms with Crippen LogP contribution in [0.25, 0.3) is 0 Å². The largest absolute Gasteiger partial charge is 0.461 e. The lowest BCUT2D eigenvalue weighted by Crippen LogP contribution is -2.48. The summed E-state index contributed by atoms with van der Waals surface area (Å²) in [7, 11) is 0. The Balaban J connectivity index is 1.72. The van der Waals surface area contributed by atoms with Crippen molar-refractivity contribution >= 4 is 23.8 Å². The Morgan fingerprint density at radius 1 is 0.794 bits per heavy atom. The van der Waals surface area contributed by atoms with Gasteiger partial charge in [0, 0.05) is 6.42 Å². The maximum atomic E-state index is 12.6. The van der Waals surface area contributed by atoms with Gasteiger partial charge in [-0.1, -0.05) is 74.5 Å². The Morgan fingerprint density at radius 3 is 1.91 bits per heavy atom. The number of rotatable bonds is 13. The predicted octanol–water partition coefficient (Wildman–Crippen LogP) is 3.54. The van der Waals surface area contributed by atoms with Crippen LogP contribution in [0.1, 0.15) is 44.2 Å². The lowest BCUT2D eigenvalue weighted by atomic mass is 10.0. The van der Waals surface area contributed by atoms with Gasteiger partial charge < -0.3 is 20.1 Å². The highest BCUT2D eigenvalue weighted by atomic mass is 16.5. The maximum Gasteiger partial charge on any atom is 0.408 e. The summed E-state index contributed by atoms with van der Waals surface area (Å²) in [5.41, 5.74) is 1.69. The Kier molecular flexibility index (Phi) is 11.3. The smallest absolute Gasteiger partial charge is 0.408 e. The topological polar surface area (TPSA) is 111 Å². The number of ether oxygens (including phenoxy) is 2. The van der Waals surface area contributed by atoms with Crippen LogP contribution in [0, 0.1) is 5.92 Å². The average Bonchev–Trinajstić information content (AvgIpc) is 2.84. The Bertz CT molecular complexity index is 931. The predicted molar refractivity (Wildman–Crippen MR) is 126 cm³/mol. The first-order chi connectivity index (χ1) is 16.3. The van der Waals surface area contributed by atoms with E-state index in [1.54, 1.807) is 0 Å². The molecule has 0 spiro atoms. The van der Waals surface area contributed by atoms with Crippen LogP contribution in [0.5, 0.6) is 0 Å². The molecule has 182 valence electrons. The van der Waals surface area contributed by atoms with Crippen molar-refractivity contribution < 1.29 is 28.7 Å². The van der Waals surface area contributed by atoms with Crippen molar-refractivity contribution in [3.8, 4) is 0 Å². The average molecular weight is 469 g/mol. The van der Waals surface area contributed by atoms with Crippen LogP contribution in [-0.2, 0) is 37.1 Å². The van der Waals surface area contributed by atoms with E-state index >= 15 is 0 Å². The van der Waals surface area contributed by atoms with Crippen molar-refractivity contribution in [1.29, 1.82) is 0 Å². The fourth-order valence-electron chi connectivity index (χ4n) is 3.06. The third-order valence-electron chi connectivity index (χ3n) is 4.84. The third kappa shape index (κ3) is 10.8. The fourth-order valence-corrected chi connectivity index (χ4v) is 3.06. The highest BCUT2D eigenvalue weighted by Crippen LogP contribution is 2.07. The van der Waals surface area contributed by atoms with E-state index in [9.17, 15) is 19.2 Å². The summed E-state index contributed by atoms with van der Waals surface area (Å²) < 4.78 is 10.3. The van der Waals surface area contributed by atoms with Gasteiger partial charge in [0.15, 0.2) is 5.78 Å². The second-order valence-corrected chi connectivity index (χ2v) is 8.29. The number of ketones is 1. The van der Waals surface area contributed by atoms with Gasteiger partial charge in [-0.25, -0.2) is 4.79 Å². The number of esters is 1. The van der Waals surface area contributed by atoms with E-state index in [1.165, 1.54) is 0 Å². The zero-order chi connectivity index (χ0) is 24.8. The molecule has 2 amide bonds. The zero-order valence-corrected chi connectivity index (χ0v) is 19.6. The summed E-state index contributed by atoms with van der Waals surface area (Å²) in [5, 5.41) is 5.10. The molecule has 0 heterocycles. The normalized spacial score (nSPS) is 11.4. The monoisotopic (exact) mass is 468 g/mol. The number of Topliss-reactive ketones (excluding diaryl/α,β-unsaturated/α-hetero) is 1. The van der Waals surface area contributed by atoms with E-state index in [0.29, 0.717) is 6.42 Å². The van der Waals surface area contributed by atoms with Crippen molar-refractivity contribution in [3.63, 3.8) is 0 Å². The standard InChI is InChI=1S/C26H32N2O6/c1-19(2)15-23(28-26(32)34-18-21-11-7-4-8-12-21)25(31)27-16-22(29)13-14-24(30)33-17-20-9-5-3-6-10-20/h3-12,19,23H,13-18H2,1-2H3,(H,27,31)(H,28,32). The molecule has 8 heteroatoms. The Hall–Kier alpha value is -3.68. The second-order valence-electron chi connectivity index (χ2n) is 8.29. The number of carbonyl (C=O) groups excluding carboxylic acids is 4. The fraction of sp³-hybridized carbons (Fsp3) is 0.385. The summed E-state index contributed by atoms with van der Waals surface area (Å²) in [6.45, 7) is 3.84. The van der Waals surface area contributed by atoms with Crippen LogP contribution in [0.15, 0.2) is 60.7 Å². The molecule has 0 saturated carbocycles. The van der Waals surface area contributed by atoms with Crippen LogP contribution in [-0.4, -0.2) is 36.3 Å². The van der Waals surface area contributed by atoms with Crippen molar-refractivity contribution in [1.82, 2.24) is 10.6 Å². The summed E-state index contributed by atoms with van der Waals surface area (Å²) >= 11 is 0. The van der Waals surface area contributed by atoms with Gasteiger partial charge in [-0.2, -0.15) is 0 Å². The summed E-state index contributed by atoms with van der Waals surface area (Å²) in [4.78, 5) is 48.7. The molecule has 0 aliphatic rings. The lowest BCUT2D eigenvalue weighted by Gasteiger charge is -2.20. The number of carbonyl (C=O) groups is 4. The highest BCUT2D eigenvalue weighted by molar-refractivity contribution is 5.91. The zero-order valence-electron chi connectivity index (χ0n) is 19.6. The molecule has 0 aromatic heterocycles. The molecule has 2 N–H and O–H groups in total. The molecule has 0 aliphatic heterocycles. The minimum atomic E-state index is -0.841. The Morgan fingerprint density at radius 2 is 1.35 bits per heavy atom. The number of nitrogens with one attached hydrogen (secondary N) is 2. The quantitative estimate of drug-likeness (QED) is 0.435. The number of hydrogen-bond acceptors (Lipinski definition) is 6. The van der Waals surface area contributed by atoms with E-state index in [2.05, 4.69) is 10.6 Å². The van der Waals surface area contributed by atoms with Gasteiger partial charge in [-0.05, 0) is 23.5 Å². The van der Waals surface area contributed by atoms with Crippen LogP contribution in [0.3, 0.4) is 0 Å². The van der Waals surface area contributed by atoms with E-state index in [1.807, 2.05) is 74.5 Å². The molecule has 2 rings (SSSR count). The molecule has 0 fully saturated rings. The SMILES string of the molecule is CC(C)CC(NC(=O)OCc1ccccc1)C(=O)NCC(=O)CCC(=O)OCc1ccccc1. The van der Waals surface area contributed by atoms with Gasteiger partial charge in [0.2, 0.25) is 5.91 Å². The molecule has 1 atom stereocenters. The summed E-state index contributed by atoms with van der Waals surface area (Å²) in [6, 6.07) is 17.6. The highest BCUT2D eigenvalue weighted by Gasteiger charge is 2.23. The van der Waals surface area contributed by atoms with Crippen LogP contribution >= 0.6 is 0 Å². The van der Waals surface area contributed by atoms with E-state index in [-0.39, 0.29) is 44.3 Å². The molecule has 0 saturated heterocycles. The number of alkyl carbamates (subject to hydrolysis) is 1. The van der Waals surface area contributed by atoms with Gasteiger partial charge in [0.05, 0.1) is 13.0 Å². The van der Waals surface area contributed by atoms with Gasteiger partial charge >= 0.3 is 12.1 Å². The molecule has 34 heavy (non-hydrogen) atoms. The molecule has 1 unspecified atom stereocenters.